The Morgan fingerprint density at radius 2 is 1.23 bits per heavy atom. The van der Waals surface area contributed by atoms with Gasteiger partial charge in [0.1, 0.15) is 0 Å². The van der Waals surface area contributed by atoms with Crippen LogP contribution in [0.2, 0.25) is 0 Å². The van der Waals surface area contributed by atoms with Gasteiger partial charge in [-0.15, -0.1) is 34.0 Å². The summed E-state index contributed by atoms with van der Waals surface area (Å²) in [6.07, 6.45) is 7.98. The zero-order valence-corrected chi connectivity index (χ0v) is 24.9. The Bertz CT molecular complexity index is 1080. The Morgan fingerprint density at radius 1 is 0.686 bits per heavy atom. The van der Waals surface area contributed by atoms with Crippen LogP contribution in [0.4, 0.5) is 0 Å². The van der Waals surface area contributed by atoms with E-state index in [1.807, 2.05) is 22.7 Å². The average Bonchev–Trinajstić information content (AvgIpc) is 3.54. The topological polar surface area (TPSA) is 18.5 Å². The zero-order chi connectivity index (χ0) is 25.2. The summed E-state index contributed by atoms with van der Waals surface area (Å²) in [5, 5.41) is 0. The molecule has 4 heterocycles. The van der Waals surface area contributed by atoms with Crippen molar-refractivity contribution in [2.75, 3.05) is 0 Å². The molecule has 1 aliphatic heterocycles. The molecule has 35 heavy (non-hydrogen) atoms. The second-order valence-electron chi connectivity index (χ2n) is 11.5. The third-order valence-electron chi connectivity index (χ3n) is 7.46. The van der Waals surface area contributed by atoms with E-state index in [0.29, 0.717) is 0 Å². The lowest BCUT2D eigenvalue weighted by atomic mass is 9.88. The fourth-order valence-corrected chi connectivity index (χ4v) is 7.67. The average molecular weight is 529 g/mol. The minimum atomic E-state index is -0.305. The first-order valence-corrected chi connectivity index (χ1v) is 15.6. The summed E-state index contributed by atoms with van der Waals surface area (Å²) >= 11 is 5.64. The van der Waals surface area contributed by atoms with Crippen molar-refractivity contribution in [3.05, 3.63) is 41.3 Å². The minimum Gasteiger partial charge on any atom is -0.399 e. The van der Waals surface area contributed by atoms with Gasteiger partial charge in [0, 0.05) is 29.2 Å². The maximum absolute atomic E-state index is 6.25. The predicted molar refractivity (Wildman–Crippen MR) is 157 cm³/mol. The molecule has 3 aromatic rings. The molecule has 1 saturated heterocycles. The van der Waals surface area contributed by atoms with Crippen molar-refractivity contribution >= 4 is 45.9 Å². The van der Waals surface area contributed by atoms with Gasteiger partial charge in [-0.25, -0.2) is 0 Å². The molecule has 0 N–H and O–H groups in total. The fraction of sp³-hybridized carbons (Fsp3) is 0.586. The number of hydrogen-bond acceptors (Lipinski definition) is 5. The Balaban J connectivity index is 1.31. The molecule has 2 nitrogen and oxygen atoms in total. The Hall–Kier alpha value is -0.915. The van der Waals surface area contributed by atoms with Crippen molar-refractivity contribution < 1.29 is 9.31 Å². The van der Waals surface area contributed by atoms with Gasteiger partial charge in [-0.2, -0.15) is 0 Å². The summed E-state index contributed by atoms with van der Waals surface area (Å²) in [5.74, 6) is 1.68. The summed E-state index contributed by atoms with van der Waals surface area (Å²) < 4.78 is 13.6. The number of hydrogen-bond donors (Lipinski definition) is 0. The van der Waals surface area contributed by atoms with Crippen LogP contribution in [0.15, 0.2) is 36.4 Å². The number of rotatable bonds is 11. The third kappa shape index (κ3) is 6.70. The van der Waals surface area contributed by atoms with Gasteiger partial charge in [-0.3, -0.25) is 0 Å². The standard InChI is InChI=1S/C29H41BO2S3/c1-20(2)10-8-11-21(3)12-9-13-22-14-15-23(33-22)24-16-17-25(34-24)26-18-19-27(35-26)30-31-28(4,5)29(6,7)32-30/h14-21H,8-13H2,1-7H3. The van der Waals surface area contributed by atoms with E-state index in [1.54, 1.807) is 11.3 Å². The summed E-state index contributed by atoms with van der Waals surface area (Å²) in [6.45, 7) is 15.5. The van der Waals surface area contributed by atoms with Crippen LogP contribution in [0.5, 0.6) is 0 Å². The first-order valence-electron chi connectivity index (χ1n) is 13.2. The lowest BCUT2D eigenvalue weighted by Crippen LogP contribution is -2.41. The van der Waals surface area contributed by atoms with Gasteiger partial charge in [-0.1, -0.05) is 52.5 Å². The number of aryl methyl sites for hydroxylation is 1. The van der Waals surface area contributed by atoms with Gasteiger partial charge in [-0.05, 0) is 82.7 Å². The highest BCUT2D eigenvalue weighted by Gasteiger charge is 2.52. The van der Waals surface area contributed by atoms with Crippen LogP contribution in [0.3, 0.4) is 0 Å². The summed E-state index contributed by atoms with van der Waals surface area (Å²) in [5.41, 5.74) is -0.610. The molecular weight excluding hydrogens is 487 g/mol. The molecule has 0 radical (unpaired) electrons. The Labute approximate surface area is 225 Å². The Kier molecular flexibility index (Phi) is 8.70. The lowest BCUT2D eigenvalue weighted by molar-refractivity contribution is 0.00578. The van der Waals surface area contributed by atoms with Crippen molar-refractivity contribution in [3.63, 3.8) is 0 Å². The smallest absolute Gasteiger partial charge is 0.399 e. The normalized spacial score (nSPS) is 18.0. The second-order valence-corrected chi connectivity index (χ2v) is 14.9. The first-order chi connectivity index (χ1) is 16.5. The van der Waals surface area contributed by atoms with Gasteiger partial charge in [0.2, 0.25) is 0 Å². The van der Waals surface area contributed by atoms with Crippen molar-refractivity contribution in [2.24, 2.45) is 11.8 Å². The molecule has 0 saturated carbocycles. The van der Waals surface area contributed by atoms with Gasteiger partial charge in [0.15, 0.2) is 0 Å². The second kappa shape index (κ2) is 11.2. The summed E-state index contributed by atoms with van der Waals surface area (Å²) in [6, 6.07) is 13.6. The fourth-order valence-electron chi connectivity index (χ4n) is 4.46. The van der Waals surface area contributed by atoms with Crippen molar-refractivity contribution in [1.82, 2.24) is 0 Å². The molecule has 1 fully saturated rings. The molecule has 1 atom stereocenters. The largest absolute Gasteiger partial charge is 0.505 e. The summed E-state index contributed by atoms with van der Waals surface area (Å²) in [7, 11) is -0.282. The molecule has 190 valence electrons. The van der Waals surface area contributed by atoms with Crippen LogP contribution in [0.25, 0.3) is 19.5 Å². The zero-order valence-electron chi connectivity index (χ0n) is 22.5. The highest BCUT2D eigenvalue weighted by molar-refractivity contribution is 7.29. The van der Waals surface area contributed by atoms with Crippen LogP contribution in [0, 0.1) is 11.8 Å². The van der Waals surface area contributed by atoms with Gasteiger partial charge >= 0.3 is 7.12 Å². The van der Waals surface area contributed by atoms with E-state index >= 15 is 0 Å². The third-order valence-corrected chi connectivity index (χ3v) is 11.2. The molecular formula is C29H41BO2S3. The van der Waals surface area contributed by atoms with Crippen LogP contribution < -0.4 is 4.78 Å². The van der Waals surface area contributed by atoms with Gasteiger partial charge < -0.3 is 9.31 Å². The van der Waals surface area contributed by atoms with E-state index in [0.717, 1.165) is 16.6 Å². The van der Waals surface area contributed by atoms with E-state index in [4.69, 9.17) is 9.31 Å². The molecule has 0 aliphatic carbocycles. The lowest BCUT2D eigenvalue weighted by Gasteiger charge is -2.32. The molecule has 0 amide bonds. The number of thiophene rings is 3. The van der Waals surface area contributed by atoms with E-state index < -0.39 is 0 Å². The van der Waals surface area contributed by atoms with Crippen LogP contribution in [0.1, 0.15) is 85.4 Å². The van der Waals surface area contributed by atoms with E-state index in [1.165, 1.54) is 62.9 Å². The quantitative estimate of drug-likeness (QED) is 0.231. The van der Waals surface area contributed by atoms with Crippen molar-refractivity contribution in [2.45, 2.75) is 98.2 Å². The molecule has 1 unspecified atom stereocenters. The highest BCUT2D eigenvalue weighted by atomic mass is 32.1. The molecule has 3 aromatic heterocycles. The minimum absolute atomic E-state index is 0.282. The molecule has 0 spiro atoms. The molecule has 0 aromatic carbocycles. The SMILES string of the molecule is CC(C)CCCC(C)CCCc1ccc(-c2ccc(-c3ccc(B4OC(C)(C)C(C)(C)O4)s3)s2)s1. The van der Waals surface area contributed by atoms with E-state index in [2.05, 4.69) is 84.9 Å². The van der Waals surface area contributed by atoms with Gasteiger partial charge in [0.05, 0.1) is 11.2 Å². The maximum atomic E-state index is 6.25. The van der Waals surface area contributed by atoms with Crippen LogP contribution in [-0.2, 0) is 15.7 Å². The summed E-state index contributed by atoms with van der Waals surface area (Å²) in [4.78, 5) is 6.88. The van der Waals surface area contributed by atoms with E-state index in [9.17, 15) is 0 Å². The van der Waals surface area contributed by atoms with Gasteiger partial charge in [0.25, 0.3) is 0 Å². The molecule has 6 heteroatoms. The monoisotopic (exact) mass is 528 g/mol. The molecule has 4 rings (SSSR count). The van der Waals surface area contributed by atoms with E-state index in [-0.39, 0.29) is 18.3 Å². The maximum Gasteiger partial charge on any atom is 0.505 e. The first kappa shape index (κ1) is 27.1. The van der Waals surface area contributed by atoms with Crippen LogP contribution in [-0.4, -0.2) is 18.3 Å². The highest BCUT2D eigenvalue weighted by Crippen LogP contribution is 2.41. The van der Waals surface area contributed by atoms with Crippen molar-refractivity contribution in [1.29, 1.82) is 0 Å². The predicted octanol–water partition coefficient (Wildman–Crippen LogP) is 9.29. The Morgan fingerprint density at radius 3 is 1.89 bits per heavy atom. The molecule has 1 aliphatic rings. The molecule has 0 bridgehead atoms. The van der Waals surface area contributed by atoms with Crippen molar-refractivity contribution in [3.8, 4) is 19.5 Å². The van der Waals surface area contributed by atoms with Crippen LogP contribution >= 0.6 is 34.0 Å².